The molecule has 0 amide bonds. The molecule has 22 heavy (non-hydrogen) atoms. The minimum atomic E-state index is -4.34. The molecule has 0 aliphatic carbocycles. The number of nitrogens with one attached hydrogen (secondary N) is 1. The van der Waals surface area contributed by atoms with Crippen molar-refractivity contribution >= 4 is 11.5 Å². The molecule has 1 aliphatic heterocycles. The summed E-state index contributed by atoms with van der Waals surface area (Å²) in [6.45, 7) is 1.73. The Morgan fingerprint density at radius 1 is 1.09 bits per heavy atom. The highest BCUT2D eigenvalue weighted by atomic mass is 19.4. The van der Waals surface area contributed by atoms with Crippen LogP contribution in [0, 0.1) is 0 Å². The van der Waals surface area contributed by atoms with Gasteiger partial charge < -0.3 is 10.2 Å². The van der Waals surface area contributed by atoms with Gasteiger partial charge >= 0.3 is 6.18 Å². The zero-order valence-electron chi connectivity index (χ0n) is 11.8. The first-order chi connectivity index (χ1) is 10.5. The van der Waals surface area contributed by atoms with E-state index in [0.29, 0.717) is 5.82 Å². The Labute approximate surface area is 126 Å². The fourth-order valence-corrected chi connectivity index (χ4v) is 2.61. The molecule has 1 N–H and O–H groups in total. The van der Waals surface area contributed by atoms with Crippen LogP contribution >= 0.6 is 0 Å². The minimum Gasteiger partial charge on any atom is -0.369 e. The lowest BCUT2D eigenvalue weighted by Crippen LogP contribution is -2.26. The molecule has 1 unspecified atom stereocenters. The van der Waals surface area contributed by atoms with Gasteiger partial charge in [-0.15, -0.1) is 0 Å². The fourth-order valence-electron chi connectivity index (χ4n) is 2.61. The van der Waals surface area contributed by atoms with E-state index in [1.165, 1.54) is 6.07 Å². The zero-order chi connectivity index (χ0) is 15.6. The predicted molar refractivity (Wildman–Crippen MR) is 79.9 cm³/mol. The maximum atomic E-state index is 12.5. The van der Waals surface area contributed by atoms with Gasteiger partial charge in [0, 0.05) is 31.0 Å². The fraction of sp³-hybridized carbons (Fsp3) is 0.312. The Morgan fingerprint density at radius 3 is 2.50 bits per heavy atom. The molecule has 3 nitrogen and oxygen atoms in total. The number of nitrogens with zero attached hydrogens (tertiary/aromatic N) is 2. The van der Waals surface area contributed by atoms with Gasteiger partial charge in [0.25, 0.3) is 0 Å². The number of para-hydroxylation sites is 1. The van der Waals surface area contributed by atoms with Crippen LogP contribution in [0.4, 0.5) is 24.7 Å². The highest BCUT2D eigenvalue weighted by Crippen LogP contribution is 2.29. The Hall–Kier alpha value is -2.24. The number of halogens is 3. The molecular formula is C16H16F3N3. The molecule has 1 saturated heterocycles. The smallest absolute Gasteiger partial charge is 0.369 e. The van der Waals surface area contributed by atoms with Gasteiger partial charge in [-0.25, -0.2) is 4.98 Å². The third-order valence-electron chi connectivity index (χ3n) is 3.75. The maximum absolute atomic E-state index is 12.5. The van der Waals surface area contributed by atoms with Crippen LogP contribution in [0.15, 0.2) is 48.7 Å². The molecule has 6 heteroatoms. The predicted octanol–water partition coefficient (Wildman–Crippen LogP) is 3.79. The van der Waals surface area contributed by atoms with Crippen molar-refractivity contribution in [3.05, 3.63) is 54.2 Å². The summed E-state index contributed by atoms with van der Waals surface area (Å²) in [5.41, 5.74) is 0.433. The monoisotopic (exact) mass is 307 g/mol. The van der Waals surface area contributed by atoms with Crippen molar-refractivity contribution in [3.8, 4) is 0 Å². The highest BCUT2D eigenvalue weighted by molar-refractivity contribution is 5.48. The summed E-state index contributed by atoms with van der Waals surface area (Å²) in [7, 11) is 0. The number of benzene rings is 1. The summed E-state index contributed by atoms with van der Waals surface area (Å²) in [6, 6.07) is 12.7. The number of pyridine rings is 1. The highest BCUT2D eigenvalue weighted by Gasteiger charge is 2.31. The lowest BCUT2D eigenvalue weighted by Gasteiger charge is -2.19. The Kier molecular flexibility index (Phi) is 3.92. The topological polar surface area (TPSA) is 28.2 Å². The van der Waals surface area contributed by atoms with Crippen LogP contribution in [0.3, 0.4) is 0 Å². The van der Waals surface area contributed by atoms with E-state index >= 15 is 0 Å². The SMILES string of the molecule is FC(F)(F)c1ccc(NC2CCN(c3ccccc3)C2)nc1. The molecule has 0 bridgehead atoms. The maximum Gasteiger partial charge on any atom is 0.417 e. The molecule has 2 aromatic rings. The molecule has 0 saturated carbocycles. The Bertz CT molecular complexity index is 611. The molecule has 2 heterocycles. The number of hydrogen-bond donors (Lipinski definition) is 1. The summed E-state index contributed by atoms with van der Waals surface area (Å²) >= 11 is 0. The van der Waals surface area contributed by atoms with Gasteiger partial charge in [0.05, 0.1) is 5.56 Å². The average molecular weight is 307 g/mol. The van der Waals surface area contributed by atoms with E-state index in [0.717, 1.165) is 37.5 Å². The molecule has 116 valence electrons. The molecule has 1 aliphatic rings. The molecule has 1 atom stereocenters. The van der Waals surface area contributed by atoms with Gasteiger partial charge in [-0.2, -0.15) is 13.2 Å². The molecule has 0 spiro atoms. The largest absolute Gasteiger partial charge is 0.417 e. The standard InChI is InChI=1S/C16H16F3N3/c17-16(18,19)12-6-7-15(20-10-12)21-13-8-9-22(11-13)14-4-2-1-3-5-14/h1-7,10,13H,8-9,11H2,(H,20,21). The second-order valence-corrected chi connectivity index (χ2v) is 5.34. The van der Waals surface area contributed by atoms with Crippen LogP contribution in [0.1, 0.15) is 12.0 Å². The van der Waals surface area contributed by atoms with Crippen molar-refractivity contribution in [1.82, 2.24) is 4.98 Å². The van der Waals surface area contributed by atoms with Crippen LogP contribution in [-0.4, -0.2) is 24.1 Å². The lowest BCUT2D eigenvalue weighted by atomic mass is 10.2. The van der Waals surface area contributed by atoms with Crippen LogP contribution in [0.2, 0.25) is 0 Å². The summed E-state index contributed by atoms with van der Waals surface area (Å²) in [4.78, 5) is 6.11. The second-order valence-electron chi connectivity index (χ2n) is 5.34. The van der Waals surface area contributed by atoms with E-state index < -0.39 is 11.7 Å². The number of alkyl halides is 3. The van der Waals surface area contributed by atoms with Gasteiger partial charge in [-0.1, -0.05) is 18.2 Å². The van der Waals surface area contributed by atoms with Crippen molar-refractivity contribution in [2.75, 3.05) is 23.3 Å². The quantitative estimate of drug-likeness (QED) is 0.935. The number of rotatable bonds is 3. The molecule has 3 rings (SSSR count). The molecule has 1 aromatic heterocycles. The van der Waals surface area contributed by atoms with Crippen molar-refractivity contribution in [1.29, 1.82) is 0 Å². The van der Waals surface area contributed by atoms with Crippen LogP contribution in [-0.2, 0) is 6.18 Å². The van der Waals surface area contributed by atoms with Gasteiger partial charge in [-0.3, -0.25) is 0 Å². The third-order valence-corrected chi connectivity index (χ3v) is 3.75. The van der Waals surface area contributed by atoms with E-state index in [1.54, 1.807) is 0 Å². The normalized spacial score (nSPS) is 18.5. The van der Waals surface area contributed by atoms with Crippen molar-refractivity contribution in [2.24, 2.45) is 0 Å². The average Bonchev–Trinajstić information content (AvgIpc) is 2.96. The van der Waals surface area contributed by atoms with Crippen LogP contribution in [0.25, 0.3) is 0 Å². The Balaban J connectivity index is 1.61. The molecular weight excluding hydrogens is 291 g/mol. The van der Waals surface area contributed by atoms with Crippen molar-refractivity contribution in [3.63, 3.8) is 0 Å². The number of hydrogen-bond acceptors (Lipinski definition) is 3. The first-order valence-corrected chi connectivity index (χ1v) is 7.12. The zero-order valence-corrected chi connectivity index (χ0v) is 11.8. The summed E-state index contributed by atoms with van der Waals surface area (Å²) < 4.78 is 37.5. The van der Waals surface area contributed by atoms with Crippen LogP contribution in [0.5, 0.6) is 0 Å². The van der Waals surface area contributed by atoms with Gasteiger partial charge in [-0.05, 0) is 30.7 Å². The minimum absolute atomic E-state index is 0.185. The van der Waals surface area contributed by atoms with E-state index in [-0.39, 0.29) is 6.04 Å². The summed E-state index contributed by atoms with van der Waals surface area (Å²) in [5.74, 6) is 0.480. The van der Waals surface area contributed by atoms with E-state index in [1.807, 2.05) is 18.2 Å². The van der Waals surface area contributed by atoms with E-state index in [4.69, 9.17) is 0 Å². The van der Waals surface area contributed by atoms with Gasteiger partial charge in [0.15, 0.2) is 0 Å². The van der Waals surface area contributed by atoms with E-state index in [9.17, 15) is 13.2 Å². The Morgan fingerprint density at radius 2 is 1.86 bits per heavy atom. The second kappa shape index (κ2) is 5.87. The van der Waals surface area contributed by atoms with E-state index in [2.05, 4.69) is 27.3 Å². The van der Waals surface area contributed by atoms with Crippen molar-refractivity contribution < 1.29 is 13.2 Å². The number of anilines is 2. The van der Waals surface area contributed by atoms with Gasteiger partial charge in [0.2, 0.25) is 0 Å². The van der Waals surface area contributed by atoms with Gasteiger partial charge in [0.1, 0.15) is 5.82 Å². The first-order valence-electron chi connectivity index (χ1n) is 7.12. The third kappa shape index (κ3) is 3.32. The summed E-state index contributed by atoms with van der Waals surface area (Å²) in [6.07, 6.45) is -2.55. The molecule has 1 fully saturated rings. The van der Waals surface area contributed by atoms with Crippen LogP contribution < -0.4 is 10.2 Å². The molecule has 0 radical (unpaired) electrons. The number of aromatic nitrogens is 1. The summed E-state index contributed by atoms with van der Waals surface area (Å²) in [5, 5.41) is 3.20. The molecule has 1 aromatic carbocycles. The lowest BCUT2D eigenvalue weighted by molar-refractivity contribution is -0.137. The van der Waals surface area contributed by atoms with Crippen molar-refractivity contribution in [2.45, 2.75) is 18.6 Å². The first kappa shape index (κ1) is 14.7.